The van der Waals surface area contributed by atoms with E-state index in [-0.39, 0.29) is 5.91 Å². The van der Waals surface area contributed by atoms with Crippen LogP contribution in [0.4, 0.5) is 10.1 Å². The summed E-state index contributed by atoms with van der Waals surface area (Å²) >= 11 is 0. The molecule has 0 saturated carbocycles. The van der Waals surface area contributed by atoms with Gasteiger partial charge in [0.15, 0.2) is 6.23 Å². The van der Waals surface area contributed by atoms with E-state index in [1.807, 2.05) is 37.2 Å². The van der Waals surface area contributed by atoms with E-state index in [4.69, 9.17) is 9.47 Å². The Balaban J connectivity index is 1.79. The van der Waals surface area contributed by atoms with E-state index in [1.54, 1.807) is 49.2 Å². The Hall–Kier alpha value is -4.57. The topological polar surface area (TPSA) is 98.6 Å². The number of carbonyl (C=O) groups excluding carboxylic acids is 2. The van der Waals surface area contributed by atoms with Crippen LogP contribution in [-0.4, -0.2) is 59.1 Å². The van der Waals surface area contributed by atoms with Gasteiger partial charge in [0, 0.05) is 72.5 Å². The van der Waals surface area contributed by atoms with E-state index in [9.17, 15) is 14.0 Å². The van der Waals surface area contributed by atoms with Gasteiger partial charge in [0.25, 0.3) is 0 Å². The number of hydrogen-bond acceptors (Lipinski definition) is 7. The third-order valence-electron chi connectivity index (χ3n) is 5.92. The highest BCUT2D eigenvalue weighted by Crippen LogP contribution is 2.36. The number of halogens is 1. The summed E-state index contributed by atoms with van der Waals surface area (Å²) in [4.78, 5) is 34.3. The number of methoxy groups -OCH3 is 1. The first-order chi connectivity index (χ1) is 18.6. The lowest BCUT2D eigenvalue weighted by Crippen LogP contribution is -2.13. The summed E-state index contributed by atoms with van der Waals surface area (Å²) in [5.41, 5.74) is 3.91. The summed E-state index contributed by atoms with van der Waals surface area (Å²) in [6.45, 7) is 3.71. The highest BCUT2D eigenvalue weighted by Gasteiger charge is 2.19. The highest BCUT2D eigenvalue weighted by molar-refractivity contribution is 6.00. The first-order valence-electron chi connectivity index (χ1n) is 12.3. The quantitative estimate of drug-likeness (QED) is 0.183. The first-order valence-corrected chi connectivity index (χ1v) is 12.3. The van der Waals surface area contributed by atoms with Crippen LogP contribution in [0.1, 0.15) is 20.1 Å². The van der Waals surface area contributed by atoms with Crippen LogP contribution in [0, 0.1) is 5.95 Å². The van der Waals surface area contributed by atoms with E-state index in [0.717, 1.165) is 16.5 Å². The first kappa shape index (κ1) is 27.5. The number of likely N-dealkylation sites (N-methyl/N-ethyl adjacent to an activating group) is 1. The molecular formula is C29H30FN5O4. The van der Waals surface area contributed by atoms with Gasteiger partial charge in [-0.05, 0) is 56.4 Å². The number of anilines is 1. The second-order valence-corrected chi connectivity index (χ2v) is 9.23. The van der Waals surface area contributed by atoms with Crippen molar-refractivity contribution in [1.82, 2.24) is 19.4 Å². The molecule has 10 heteroatoms. The molecule has 1 N–H and O–H groups in total. The molecule has 1 unspecified atom stereocenters. The van der Waals surface area contributed by atoms with Crippen molar-refractivity contribution in [2.24, 2.45) is 0 Å². The normalized spacial score (nSPS) is 12.2. The summed E-state index contributed by atoms with van der Waals surface area (Å²) in [7, 11) is 5.39. The van der Waals surface area contributed by atoms with Gasteiger partial charge in [-0.15, -0.1) is 0 Å². The Kier molecular flexibility index (Phi) is 8.36. The van der Waals surface area contributed by atoms with Crippen molar-refractivity contribution in [3.8, 4) is 28.0 Å². The number of nitrogens with one attached hydrogen (secondary N) is 1. The molecular weight excluding hydrogens is 501 g/mol. The van der Waals surface area contributed by atoms with Crippen molar-refractivity contribution < 1.29 is 23.5 Å². The number of aromatic nitrogens is 3. The van der Waals surface area contributed by atoms with Crippen molar-refractivity contribution in [3.63, 3.8) is 0 Å². The summed E-state index contributed by atoms with van der Waals surface area (Å²) < 4.78 is 26.6. The smallest absolute Gasteiger partial charge is 0.304 e. The van der Waals surface area contributed by atoms with Crippen LogP contribution in [0.5, 0.6) is 5.75 Å². The maximum atomic E-state index is 14.0. The second kappa shape index (κ2) is 11.9. The van der Waals surface area contributed by atoms with Crippen LogP contribution in [0.25, 0.3) is 33.3 Å². The lowest BCUT2D eigenvalue weighted by Gasteiger charge is -2.14. The van der Waals surface area contributed by atoms with Gasteiger partial charge in [-0.2, -0.15) is 4.39 Å². The molecule has 1 amide bonds. The van der Waals surface area contributed by atoms with E-state index in [2.05, 4.69) is 15.3 Å². The Morgan fingerprint density at radius 1 is 1.13 bits per heavy atom. The van der Waals surface area contributed by atoms with Gasteiger partial charge in [0.05, 0.1) is 7.11 Å². The van der Waals surface area contributed by atoms with E-state index >= 15 is 0 Å². The van der Waals surface area contributed by atoms with Gasteiger partial charge in [-0.1, -0.05) is 6.08 Å². The molecule has 0 spiro atoms. The summed E-state index contributed by atoms with van der Waals surface area (Å²) in [6, 6.07) is 10.4. The largest absolute Gasteiger partial charge is 0.497 e. The maximum absolute atomic E-state index is 14.0. The predicted octanol–water partition coefficient (Wildman–Crippen LogP) is 5.05. The lowest BCUT2D eigenvalue weighted by atomic mass is 10.0. The number of fused-ring (bicyclic) bond motifs is 1. The third-order valence-corrected chi connectivity index (χ3v) is 5.92. The van der Waals surface area contributed by atoms with Crippen molar-refractivity contribution >= 4 is 28.6 Å². The zero-order chi connectivity index (χ0) is 28.1. The Morgan fingerprint density at radius 3 is 2.62 bits per heavy atom. The number of esters is 1. The van der Waals surface area contributed by atoms with Gasteiger partial charge in [-0.25, -0.2) is 9.97 Å². The molecule has 3 heterocycles. The van der Waals surface area contributed by atoms with Gasteiger partial charge >= 0.3 is 5.97 Å². The molecule has 0 radical (unpaired) electrons. The Bertz CT molecular complexity index is 1550. The van der Waals surface area contributed by atoms with Crippen LogP contribution in [0.15, 0.2) is 67.1 Å². The van der Waals surface area contributed by atoms with Crippen LogP contribution in [0.2, 0.25) is 0 Å². The number of carbonyl (C=O) groups is 2. The number of ether oxygens (including phenoxy) is 2. The Morgan fingerprint density at radius 2 is 1.92 bits per heavy atom. The van der Waals surface area contributed by atoms with Crippen molar-refractivity contribution in [3.05, 3.63) is 73.1 Å². The molecule has 0 aliphatic rings. The number of hydrogen-bond donors (Lipinski definition) is 1. The molecule has 0 aliphatic heterocycles. The lowest BCUT2D eigenvalue weighted by molar-refractivity contribution is -0.149. The molecule has 9 nitrogen and oxygen atoms in total. The van der Waals surface area contributed by atoms with Crippen LogP contribution >= 0.6 is 0 Å². The molecule has 202 valence electrons. The minimum Gasteiger partial charge on any atom is -0.497 e. The molecule has 0 fully saturated rings. The van der Waals surface area contributed by atoms with Crippen LogP contribution in [-0.2, 0) is 14.3 Å². The van der Waals surface area contributed by atoms with Gasteiger partial charge in [-0.3, -0.25) is 14.2 Å². The van der Waals surface area contributed by atoms with Crippen LogP contribution < -0.4 is 10.1 Å². The minimum atomic E-state index is -0.636. The molecule has 0 saturated heterocycles. The summed E-state index contributed by atoms with van der Waals surface area (Å²) in [6.07, 6.45) is 7.49. The van der Waals surface area contributed by atoms with E-state index < -0.39 is 18.1 Å². The van der Waals surface area contributed by atoms with Gasteiger partial charge in [0.2, 0.25) is 11.9 Å². The predicted molar refractivity (Wildman–Crippen MR) is 148 cm³/mol. The third kappa shape index (κ3) is 6.66. The summed E-state index contributed by atoms with van der Waals surface area (Å²) in [5, 5.41) is 3.59. The number of pyridine rings is 2. The molecule has 4 rings (SSSR count). The van der Waals surface area contributed by atoms with E-state index in [0.29, 0.717) is 34.8 Å². The number of amides is 1. The fourth-order valence-electron chi connectivity index (χ4n) is 4.17. The van der Waals surface area contributed by atoms with Gasteiger partial charge < -0.3 is 19.7 Å². The molecule has 3 aromatic heterocycles. The zero-order valence-electron chi connectivity index (χ0n) is 22.4. The average molecular weight is 532 g/mol. The molecule has 0 aliphatic carbocycles. The number of benzene rings is 1. The minimum absolute atomic E-state index is 0.261. The Labute approximate surface area is 225 Å². The summed E-state index contributed by atoms with van der Waals surface area (Å²) in [5.74, 6) is -0.751. The monoisotopic (exact) mass is 531 g/mol. The average Bonchev–Trinajstić information content (AvgIpc) is 3.27. The van der Waals surface area contributed by atoms with Gasteiger partial charge in [0.1, 0.15) is 11.4 Å². The zero-order valence-corrected chi connectivity index (χ0v) is 22.4. The van der Waals surface area contributed by atoms with Crippen LogP contribution in [0.3, 0.4) is 0 Å². The number of rotatable bonds is 9. The SMILES string of the molecule is COc1cc(NC(=O)C=CCN(C)C)cc(-c2cnc3c(c2)c(-c2ccnc(F)c2)cn3C(C)OC(C)=O)c1. The molecule has 1 atom stereocenters. The van der Waals surface area contributed by atoms with Crippen molar-refractivity contribution in [1.29, 1.82) is 0 Å². The molecule has 39 heavy (non-hydrogen) atoms. The van der Waals surface area contributed by atoms with E-state index in [1.165, 1.54) is 25.3 Å². The highest BCUT2D eigenvalue weighted by atomic mass is 19.1. The standard InChI is InChI=1S/C29H30FN5O4/c1-18(39-19(2)36)35-17-26(20-8-9-31-27(30)14-20)25-13-22(16-32-29(25)35)21-11-23(15-24(12-21)38-5)33-28(37)7-6-10-34(3)4/h6-9,11-18H,10H2,1-5H3,(H,33,37). The molecule has 0 bridgehead atoms. The molecule has 1 aromatic carbocycles. The number of nitrogens with zero attached hydrogens (tertiary/aromatic N) is 4. The fourth-order valence-corrected chi connectivity index (χ4v) is 4.17. The maximum Gasteiger partial charge on any atom is 0.304 e. The fraction of sp³-hybridized carbons (Fsp3) is 0.241. The van der Waals surface area contributed by atoms with Crippen molar-refractivity contribution in [2.45, 2.75) is 20.1 Å². The molecule has 4 aromatic rings. The van der Waals surface area contributed by atoms with Crippen molar-refractivity contribution in [2.75, 3.05) is 33.1 Å². The second-order valence-electron chi connectivity index (χ2n) is 9.23.